The quantitative estimate of drug-likeness (QED) is 0.454. The average Bonchev–Trinajstić information content (AvgIpc) is 2.85. The molecule has 0 aliphatic carbocycles. The Morgan fingerprint density at radius 3 is 2.64 bits per heavy atom. The van der Waals surface area contributed by atoms with Gasteiger partial charge in [-0.15, -0.1) is 0 Å². The van der Waals surface area contributed by atoms with E-state index in [1.165, 1.54) is 7.11 Å². The largest absolute Gasteiger partial charge is 0.469 e. The van der Waals surface area contributed by atoms with E-state index in [1.807, 2.05) is 13.8 Å². The van der Waals surface area contributed by atoms with Gasteiger partial charge in [-0.05, 0) is 20.3 Å². The summed E-state index contributed by atoms with van der Waals surface area (Å²) in [4.78, 5) is 11.6. The summed E-state index contributed by atoms with van der Waals surface area (Å²) in [5.74, 6) is -0.341. The molecule has 0 aromatic heterocycles. The fourth-order valence-corrected chi connectivity index (χ4v) is 3.13. The lowest BCUT2D eigenvalue weighted by Crippen LogP contribution is -2.42. The van der Waals surface area contributed by atoms with Gasteiger partial charge in [-0.3, -0.25) is 4.79 Å². The van der Waals surface area contributed by atoms with Crippen LogP contribution >= 0.6 is 0 Å². The molecule has 0 unspecified atom stereocenters. The van der Waals surface area contributed by atoms with Gasteiger partial charge in [-0.1, -0.05) is 0 Å². The van der Waals surface area contributed by atoms with Crippen molar-refractivity contribution in [2.75, 3.05) is 7.11 Å². The van der Waals surface area contributed by atoms with E-state index in [2.05, 4.69) is 0 Å². The lowest BCUT2D eigenvalue weighted by Gasteiger charge is -2.25. The van der Waals surface area contributed by atoms with Crippen LogP contribution in [0.1, 0.15) is 20.3 Å². The van der Waals surface area contributed by atoms with Crippen molar-refractivity contribution in [3.05, 3.63) is 0 Å². The van der Waals surface area contributed by atoms with Crippen LogP contribution < -0.4 is 0 Å². The maximum Gasteiger partial charge on any atom is 0.311 e. The first-order valence-corrected chi connectivity index (χ1v) is 4.95. The van der Waals surface area contributed by atoms with Crippen LogP contribution in [0.2, 0.25) is 0 Å². The van der Waals surface area contributed by atoms with Crippen LogP contribution in [0.3, 0.4) is 0 Å². The van der Waals surface area contributed by atoms with Gasteiger partial charge < -0.3 is 14.2 Å². The van der Waals surface area contributed by atoms with E-state index in [9.17, 15) is 4.79 Å². The number of hydrogen-bond acceptors (Lipinski definition) is 4. The van der Waals surface area contributed by atoms with Crippen LogP contribution in [0.5, 0.6) is 0 Å². The highest BCUT2D eigenvalue weighted by atomic mass is 16.7. The number of carbonyl (C=O) groups excluding carboxylic acids is 1. The van der Waals surface area contributed by atoms with E-state index in [4.69, 9.17) is 14.2 Å². The molecule has 2 bridgehead atoms. The molecule has 3 heterocycles. The fraction of sp³-hybridized carbons (Fsp3) is 0.900. The van der Waals surface area contributed by atoms with Crippen molar-refractivity contribution in [2.24, 2.45) is 5.92 Å². The third kappa shape index (κ3) is 0.754. The second kappa shape index (κ2) is 2.14. The molecule has 3 aliphatic rings. The van der Waals surface area contributed by atoms with Crippen LogP contribution in [0, 0.1) is 5.92 Å². The van der Waals surface area contributed by atoms with Crippen LogP contribution in [-0.2, 0) is 19.0 Å². The molecule has 14 heavy (non-hydrogen) atoms. The molecule has 3 rings (SSSR count). The second-order valence-corrected chi connectivity index (χ2v) is 4.86. The Bertz CT molecular complexity index is 315. The zero-order valence-corrected chi connectivity index (χ0v) is 8.57. The monoisotopic (exact) mass is 198 g/mol. The number of hydrogen-bond donors (Lipinski definition) is 0. The standard InChI is InChI=1S/C10H14O4/c1-9-4-5(8(11)12-3)10(2,14-9)7-6(9)13-7/h5-7H,4H2,1-3H3/t5-,6+,7-,9-,10+/m0/s1. The summed E-state index contributed by atoms with van der Waals surface area (Å²) in [6.45, 7) is 3.98. The minimum Gasteiger partial charge on any atom is -0.469 e. The number of epoxide rings is 1. The lowest BCUT2D eigenvalue weighted by atomic mass is 9.75. The SMILES string of the molecule is COC(=O)[C@@H]1C[C@]2(C)O[C@@]1(C)[C@H]1O[C@H]12. The molecule has 4 nitrogen and oxygen atoms in total. The van der Waals surface area contributed by atoms with Gasteiger partial charge in [-0.2, -0.15) is 0 Å². The van der Waals surface area contributed by atoms with E-state index in [0.717, 1.165) is 6.42 Å². The first-order chi connectivity index (χ1) is 6.51. The van der Waals surface area contributed by atoms with Gasteiger partial charge in [0, 0.05) is 0 Å². The second-order valence-electron chi connectivity index (χ2n) is 4.86. The van der Waals surface area contributed by atoms with Gasteiger partial charge in [0.15, 0.2) is 0 Å². The zero-order chi connectivity index (χ0) is 10.1. The van der Waals surface area contributed by atoms with Gasteiger partial charge in [0.05, 0.1) is 18.6 Å². The molecule has 0 N–H and O–H groups in total. The highest BCUT2D eigenvalue weighted by Gasteiger charge is 2.78. The predicted molar refractivity (Wildman–Crippen MR) is 46.7 cm³/mol. The minimum atomic E-state index is -0.452. The maximum absolute atomic E-state index is 11.6. The molecule has 0 amide bonds. The van der Waals surface area contributed by atoms with E-state index in [-0.39, 0.29) is 29.7 Å². The predicted octanol–water partition coefficient (Wildman–Crippen LogP) is 0.494. The highest BCUT2D eigenvalue weighted by Crippen LogP contribution is 2.63. The normalized spacial score (nSPS) is 58.4. The molecule has 0 spiro atoms. The molecule has 0 aromatic rings. The molecule has 3 saturated heterocycles. The Morgan fingerprint density at radius 2 is 2.14 bits per heavy atom. The summed E-state index contributed by atoms with van der Waals surface area (Å²) in [5.41, 5.74) is -0.717. The van der Waals surface area contributed by atoms with Crippen molar-refractivity contribution in [3.63, 3.8) is 0 Å². The van der Waals surface area contributed by atoms with E-state index >= 15 is 0 Å². The van der Waals surface area contributed by atoms with Crippen molar-refractivity contribution >= 4 is 5.97 Å². The highest BCUT2D eigenvalue weighted by molar-refractivity contribution is 5.75. The van der Waals surface area contributed by atoms with Crippen molar-refractivity contribution in [3.8, 4) is 0 Å². The Labute approximate surface area is 82.5 Å². The van der Waals surface area contributed by atoms with Gasteiger partial charge in [-0.25, -0.2) is 0 Å². The third-order valence-corrected chi connectivity index (χ3v) is 3.90. The van der Waals surface area contributed by atoms with Crippen LogP contribution in [0.4, 0.5) is 0 Å². The molecule has 0 radical (unpaired) electrons. The Balaban J connectivity index is 1.95. The van der Waals surface area contributed by atoms with Crippen LogP contribution in [0.25, 0.3) is 0 Å². The summed E-state index contributed by atoms with van der Waals surface area (Å²) in [6, 6.07) is 0. The first kappa shape index (κ1) is 8.68. The molecule has 3 aliphatic heterocycles. The molecule has 0 aromatic carbocycles. The number of ether oxygens (including phenoxy) is 3. The number of fused-ring (bicyclic) bond motifs is 5. The number of carbonyl (C=O) groups is 1. The Morgan fingerprint density at radius 1 is 1.43 bits per heavy atom. The fourth-order valence-electron chi connectivity index (χ4n) is 3.13. The van der Waals surface area contributed by atoms with Crippen molar-refractivity contribution in [1.29, 1.82) is 0 Å². The van der Waals surface area contributed by atoms with Gasteiger partial charge in [0.1, 0.15) is 17.8 Å². The number of methoxy groups -OCH3 is 1. The molecule has 5 atom stereocenters. The number of esters is 1. The maximum atomic E-state index is 11.6. The van der Waals surface area contributed by atoms with Gasteiger partial charge in [0.2, 0.25) is 0 Å². The molecule has 3 fully saturated rings. The van der Waals surface area contributed by atoms with E-state index in [1.54, 1.807) is 0 Å². The average molecular weight is 198 g/mol. The Hall–Kier alpha value is -0.610. The molecule has 4 heteroatoms. The van der Waals surface area contributed by atoms with Crippen molar-refractivity contribution in [1.82, 2.24) is 0 Å². The lowest BCUT2D eigenvalue weighted by molar-refractivity contribution is -0.154. The summed E-state index contributed by atoms with van der Waals surface area (Å²) < 4.78 is 16.2. The van der Waals surface area contributed by atoms with Crippen LogP contribution in [-0.4, -0.2) is 36.5 Å². The molecule has 0 saturated carbocycles. The van der Waals surface area contributed by atoms with Crippen molar-refractivity contribution < 1.29 is 19.0 Å². The first-order valence-electron chi connectivity index (χ1n) is 4.95. The van der Waals surface area contributed by atoms with Gasteiger partial charge >= 0.3 is 5.97 Å². The zero-order valence-electron chi connectivity index (χ0n) is 8.57. The minimum absolute atomic E-state index is 0.102. The number of rotatable bonds is 1. The van der Waals surface area contributed by atoms with E-state index in [0.29, 0.717) is 0 Å². The topological polar surface area (TPSA) is 48.1 Å². The van der Waals surface area contributed by atoms with E-state index < -0.39 is 5.60 Å². The summed E-state index contributed by atoms with van der Waals surface area (Å²) in [7, 11) is 1.42. The Kier molecular flexibility index (Phi) is 1.33. The summed E-state index contributed by atoms with van der Waals surface area (Å²) in [6.07, 6.45) is 1.02. The molecular weight excluding hydrogens is 184 g/mol. The van der Waals surface area contributed by atoms with Crippen LogP contribution in [0.15, 0.2) is 0 Å². The van der Waals surface area contributed by atoms with Crippen molar-refractivity contribution in [2.45, 2.75) is 43.7 Å². The third-order valence-electron chi connectivity index (χ3n) is 3.90. The smallest absolute Gasteiger partial charge is 0.311 e. The molecular formula is C10H14O4. The molecule has 78 valence electrons. The van der Waals surface area contributed by atoms with Gasteiger partial charge in [0.25, 0.3) is 0 Å². The summed E-state index contributed by atoms with van der Waals surface area (Å²) in [5, 5.41) is 0. The summed E-state index contributed by atoms with van der Waals surface area (Å²) >= 11 is 0.